The maximum atomic E-state index is 13.0. The molecule has 0 spiro atoms. The zero-order valence-electron chi connectivity index (χ0n) is 16.7. The molecule has 2 N–H and O–H groups in total. The first-order valence-electron chi connectivity index (χ1n) is 9.69. The molecule has 1 saturated heterocycles. The van der Waals surface area contributed by atoms with Gasteiger partial charge in [0.2, 0.25) is 11.8 Å². The maximum absolute atomic E-state index is 13.0. The van der Waals surface area contributed by atoms with E-state index in [0.29, 0.717) is 19.7 Å². The van der Waals surface area contributed by atoms with Crippen molar-refractivity contribution < 1.29 is 14.3 Å². The smallest absolute Gasteiger partial charge is 0.329 e. The highest BCUT2D eigenvalue weighted by Crippen LogP contribution is 2.19. The summed E-state index contributed by atoms with van der Waals surface area (Å²) in [5.74, 6) is -0.897. The third-order valence-electron chi connectivity index (χ3n) is 5.39. The highest BCUT2D eigenvalue weighted by Gasteiger charge is 2.25. The first kappa shape index (κ1) is 20.1. The molecular weight excluding hydrogens is 360 g/mol. The fourth-order valence-electron chi connectivity index (χ4n) is 3.74. The van der Waals surface area contributed by atoms with Gasteiger partial charge >= 0.3 is 5.69 Å². The number of imidazole rings is 1. The van der Waals surface area contributed by atoms with Gasteiger partial charge in [0.05, 0.1) is 23.7 Å². The number of carbonyl (C=O) groups excluding carboxylic acids is 2. The first-order valence-corrected chi connectivity index (χ1v) is 9.69. The number of aryl methyl sites for hydroxylation is 3. The summed E-state index contributed by atoms with van der Waals surface area (Å²) in [4.78, 5) is 38.8. The number of amides is 2. The van der Waals surface area contributed by atoms with E-state index in [-0.39, 0.29) is 30.8 Å². The second kappa shape index (κ2) is 8.18. The van der Waals surface area contributed by atoms with Gasteiger partial charge in [0.1, 0.15) is 6.54 Å². The number of benzene rings is 1. The van der Waals surface area contributed by atoms with E-state index in [9.17, 15) is 14.4 Å². The SMILES string of the molecule is CCn1c(=O)n(CC(=O)N(CC(N)=O)CC2CCCO2)c2cc(C)c(C)cc21. The van der Waals surface area contributed by atoms with Crippen LogP contribution in [0.2, 0.25) is 0 Å². The number of nitrogens with two attached hydrogens (primary N) is 1. The lowest BCUT2D eigenvalue weighted by molar-refractivity contribution is -0.137. The monoisotopic (exact) mass is 388 g/mol. The molecule has 3 rings (SSSR count). The van der Waals surface area contributed by atoms with E-state index in [0.717, 1.165) is 35.0 Å². The van der Waals surface area contributed by atoms with Crippen LogP contribution in [0, 0.1) is 13.8 Å². The Morgan fingerprint density at radius 3 is 2.39 bits per heavy atom. The van der Waals surface area contributed by atoms with Crippen molar-refractivity contribution in [3.63, 3.8) is 0 Å². The zero-order valence-corrected chi connectivity index (χ0v) is 16.7. The molecule has 2 amide bonds. The van der Waals surface area contributed by atoms with E-state index < -0.39 is 5.91 Å². The molecule has 2 aromatic rings. The Morgan fingerprint density at radius 2 is 1.86 bits per heavy atom. The standard InChI is InChI=1S/C20H28N4O4/c1-4-23-16-8-13(2)14(3)9-17(16)24(20(23)27)12-19(26)22(11-18(21)25)10-15-6-5-7-28-15/h8-9,15H,4-7,10-12H2,1-3H3,(H2,21,25). The predicted octanol–water partition coefficient (Wildman–Crippen LogP) is 0.933. The Labute approximate surface area is 163 Å². The molecule has 28 heavy (non-hydrogen) atoms. The average Bonchev–Trinajstić information content (AvgIpc) is 3.22. The van der Waals surface area contributed by atoms with Gasteiger partial charge in [-0.2, -0.15) is 0 Å². The molecule has 1 atom stereocenters. The second-order valence-corrected chi connectivity index (χ2v) is 7.41. The Balaban J connectivity index is 1.93. The summed E-state index contributed by atoms with van der Waals surface area (Å²) in [6, 6.07) is 3.91. The van der Waals surface area contributed by atoms with Gasteiger partial charge in [-0.15, -0.1) is 0 Å². The van der Waals surface area contributed by atoms with Gasteiger partial charge in [-0.1, -0.05) is 0 Å². The van der Waals surface area contributed by atoms with E-state index >= 15 is 0 Å². The lowest BCUT2D eigenvalue weighted by Crippen LogP contribution is -2.45. The molecule has 1 fully saturated rings. The van der Waals surface area contributed by atoms with Crippen molar-refractivity contribution in [1.29, 1.82) is 0 Å². The van der Waals surface area contributed by atoms with Crippen molar-refractivity contribution in [2.75, 3.05) is 19.7 Å². The minimum atomic E-state index is -0.582. The van der Waals surface area contributed by atoms with Gasteiger partial charge in [0.15, 0.2) is 0 Å². The fraction of sp³-hybridized carbons (Fsp3) is 0.550. The van der Waals surface area contributed by atoms with Crippen molar-refractivity contribution in [3.05, 3.63) is 33.7 Å². The number of fused-ring (bicyclic) bond motifs is 1. The third-order valence-corrected chi connectivity index (χ3v) is 5.39. The van der Waals surface area contributed by atoms with E-state index in [1.54, 1.807) is 4.57 Å². The van der Waals surface area contributed by atoms with Crippen molar-refractivity contribution in [1.82, 2.24) is 14.0 Å². The van der Waals surface area contributed by atoms with Gasteiger partial charge in [-0.3, -0.25) is 18.7 Å². The molecule has 1 unspecified atom stereocenters. The van der Waals surface area contributed by atoms with Crippen molar-refractivity contribution in [3.8, 4) is 0 Å². The molecular formula is C20H28N4O4. The molecule has 0 saturated carbocycles. The molecule has 1 aromatic carbocycles. The first-order chi connectivity index (χ1) is 13.3. The van der Waals surface area contributed by atoms with E-state index in [2.05, 4.69) is 0 Å². The maximum Gasteiger partial charge on any atom is 0.329 e. The van der Waals surface area contributed by atoms with Gasteiger partial charge < -0.3 is 15.4 Å². The second-order valence-electron chi connectivity index (χ2n) is 7.41. The Hall–Kier alpha value is -2.61. The third kappa shape index (κ3) is 3.96. The van der Waals surface area contributed by atoms with E-state index in [1.807, 2.05) is 32.9 Å². The predicted molar refractivity (Wildman–Crippen MR) is 106 cm³/mol. The highest BCUT2D eigenvalue weighted by molar-refractivity contribution is 5.85. The summed E-state index contributed by atoms with van der Waals surface area (Å²) in [6.45, 7) is 7.04. The lowest BCUT2D eigenvalue weighted by Gasteiger charge is -2.24. The molecule has 2 heterocycles. The van der Waals surface area contributed by atoms with Crippen LogP contribution in [0.3, 0.4) is 0 Å². The van der Waals surface area contributed by atoms with Gasteiger partial charge in [0, 0.05) is 19.7 Å². The molecule has 0 bridgehead atoms. The number of primary amides is 1. The summed E-state index contributed by atoms with van der Waals surface area (Å²) < 4.78 is 8.73. The van der Waals surface area contributed by atoms with Gasteiger partial charge in [-0.25, -0.2) is 4.79 Å². The van der Waals surface area contributed by atoms with Crippen LogP contribution in [0.15, 0.2) is 16.9 Å². The van der Waals surface area contributed by atoms with Crippen LogP contribution >= 0.6 is 0 Å². The molecule has 152 valence electrons. The fourth-order valence-corrected chi connectivity index (χ4v) is 3.74. The molecule has 8 heteroatoms. The molecule has 0 aliphatic carbocycles. The van der Waals surface area contributed by atoms with Crippen molar-refractivity contribution in [2.45, 2.75) is 52.8 Å². The Bertz CT molecular complexity index is 953. The average molecular weight is 388 g/mol. The number of nitrogens with zero attached hydrogens (tertiary/aromatic N) is 3. The van der Waals surface area contributed by atoms with Crippen LogP contribution in [0.5, 0.6) is 0 Å². The number of carbonyl (C=O) groups is 2. The summed E-state index contributed by atoms with van der Waals surface area (Å²) in [5, 5.41) is 0. The summed E-state index contributed by atoms with van der Waals surface area (Å²) in [6.07, 6.45) is 1.68. The van der Waals surface area contributed by atoms with Crippen LogP contribution in [-0.4, -0.2) is 51.6 Å². The van der Waals surface area contributed by atoms with Gasteiger partial charge in [-0.05, 0) is 56.9 Å². The molecule has 1 aromatic heterocycles. The number of hydrogen-bond donors (Lipinski definition) is 1. The van der Waals surface area contributed by atoms with E-state index in [4.69, 9.17) is 10.5 Å². The zero-order chi connectivity index (χ0) is 20.4. The van der Waals surface area contributed by atoms with Crippen LogP contribution in [0.4, 0.5) is 0 Å². The summed E-state index contributed by atoms with van der Waals surface area (Å²) in [7, 11) is 0. The number of ether oxygens (including phenoxy) is 1. The minimum Gasteiger partial charge on any atom is -0.376 e. The number of aromatic nitrogens is 2. The number of rotatable bonds is 7. The summed E-state index contributed by atoms with van der Waals surface area (Å²) >= 11 is 0. The Morgan fingerprint density at radius 1 is 1.21 bits per heavy atom. The van der Waals surface area contributed by atoms with E-state index in [1.165, 1.54) is 9.47 Å². The normalized spacial score (nSPS) is 16.6. The van der Waals surface area contributed by atoms with Crippen LogP contribution in [-0.2, 0) is 27.4 Å². The van der Waals surface area contributed by atoms with Crippen LogP contribution in [0.1, 0.15) is 30.9 Å². The summed E-state index contributed by atoms with van der Waals surface area (Å²) in [5.41, 5.74) is 8.78. The molecule has 8 nitrogen and oxygen atoms in total. The topological polar surface area (TPSA) is 99.6 Å². The lowest BCUT2D eigenvalue weighted by atomic mass is 10.1. The quantitative estimate of drug-likeness (QED) is 0.763. The van der Waals surface area contributed by atoms with Crippen molar-refractivity contribution >= 4 is 22.8 Å². The van der Waals surface area contributed by atoms with Gasteiger partial charge in [0.25, 0.3) is 0 Å². The molecule has 1 aliphatic heterocycles. The highest BCUT2D eigenvalue weighted by atomic mass is 16.5. The van der Waals surface area contributed by atoms with Crippen LogP contribution in [0.25, 0.3) is 11.0 Å². The minimum absolute atomic E-state index is 0.0955. The molecule has 1 aliphatic rings. The van der Waals surface area contributed by atoms with Crippen LogP contribution < -0.4 is 11.4 Å². The molecule has 0 radical (unpaired) electrons. The Kier molecular flexibility index (Phi) is 5.88. The van der Waals surface area contributed by atoms with Crippen molar-refractivity contribution in [2.24, 2.45) is 5.73 Å². The number of hydrogen-bond acceptors (Lipinski definition) is 4. The largest absolute Gasteiger partial charge is 0.376 e.